The molecule has 0 saturated carbocycles. The minimum absolute atomic E-state index is 0.275. The van der Waals surface area contributed by atoms with Crippen LogP contribution in [0.2, 0.25) is 0 Å². The summed E-state index contributed by atoms with van der Waals surface area (Å²) < 4.78 is 6.00. The van der Waals surface area contributed by atoms with Gasteiger partial charge in [-0.05, 0) is 62.4 Å². The van der Waals surface area contributed by atoms with Gasteiger partial charge in [-0.15, -0.1) is 0 Å². The minimum Gasteiger partial charge on any atom is -0.489 e. The Bertz CT molecular complexity index is 837. The van der Waals surface area contributed by atoms with Crippen LogP contribution in [0.15, 0.2) is 66.2 Å². The molecule has 2 N–H and O–H groups in total. The van der Waals surface area contributed by atoms with Crippen LogP contribution in [0.3, 0.4) is 0 Å². The molecule has 3 rings (SSSR count). The average molecular weight is 450 g/mol. The van der Waals surface area contributed by atoms with Crippen LogP contribution in [0.25, 0.3) is 0 Å². The Morgan fingerprint density at radius 2 is 1.76 bits per heavy atom. The van der Waals surface area contributed by atoms with Crippen molar-refractivity contribution in [1.82, 2.24) is 4.90 Å². The predicted octanol–water partition coefficient (Wildman–Crippen LogP) is 5.88. The molecule has 1 fully saturated rings. The average Bonchev–Trinajstić information content (AvgIpc) is 2.84. The molecular weight excluding hydrogens is 406 g/mol. The van der Waals surface area contributed by atoms with E-state index in [4.69, 9.17) is 10.5 Å². The van der Waals surface area contributed by atoms with Gasteiger partial charge in [0.1, 0.15) is 12.4 Å². The number of hydrogen-bond donors (Lipinski definition) is 1. The fraction of sp³-hybridized carbons (Fsp3) is 0.517. The zero-order chi connectivity index (χ0) is 23.6. The Morgan fingerprint density at radius 1 is 1.09 bits per heavy atom. The van der Waals surface area contributed by atoms with E-state index in [-0.39, 0.29) is 6.04 Å². The van der Waals surface area contributed by atoms with Crippen LogP contribution < -0.4 is 15.4 Å². The van der Waals surface area contributed by atoms with Crippen molar-refractivity contribution in [3.63, 3.8) is 0 Å². The molecule has 4 heteroatoms. The Labute approximate surface area is 201 Å². The van der Waals surface area contributed by atoms with Crippen LogP contribution in [-0.4, -0.2) is 43.2 Å². The molecule has 2 aromatic carbocycles. The van der Waals surface area contributed by atoms with E-state index in [1.54, 1.807) is 0 Å². The lowest BCUT2D eigenvalue weighted by molar-refractivity contribution is 0.184. The van der Waals surface area contributed by atoms with Crippen LogP contribution in [0, 0.1) is 5.92 Å². The SMILES string of the molecule is CCC(C)C(N)CN1CCC(N(CC=C(C)C)c2ccc(OCc3ccccc3)cc2)CC1. The molecule has 0 amide bonds. The first-order valence-corrected chi connectivity index (χ1v) is 12.6. The lowest BCUT2D eigenvalue weighted by atomic mass is 9.97. The first-order chi connectivity index (χ1) is 16.0. The number of likely N-dealkylation sites (tertiary alicyclic amines) is 1. The van der Waals surface area contributed by atoms with E-state index in [0.29, 0.717) is 18.6 Å². The van der Waals surface area contributed by atoms with Gasteiger partial charge in [-0.1, -0.05) is 62.2 Å². The summed E-state index contributed by atoms with van der Waals surface area (Å²) in [6.07, 6.45) is 5.84. The van der Waals surface area contributed by atoms with Crippen LogP contribution in [-0.2, 0) is 6.61 Å². The molecule has 2 aromatic rings. The Balaban J connectivity index is 1.61. The molecule has 2 atom stereocenters. The zero-order valence-electron chi connectivity index (χ0n) is 21.0. The second-order valence-corrected chi connectivity index (χ2v) is 9.78. The molecule has 0 aliphatic carbocycles. The van der Waals surface area contributed by atoms with Gasteiger partial charge in [0.05, 0.1) is 0 Å². The summed E-state index contributed by atoms with van der Waals surface area (Å²) >= 11 is 0. The van der Waals surface area contributed by atoms with E-state index in [2.05, 4.69) is 80.0 Å². The highest BCUT2D eigenvalue weighted by atomic mass is 16.5. The van der Waals surface area contributed by atoms with E-state index in [0.717, 1.165) is 38.3 Å². The standard InChI is InChI=1S/C29H43N3O/c1-5-24(4)29(30)21-31-18-16-27(17-19-31)32(20-15-23(2)3)26-11-13-28(14-12-26)33-22-25-9-7-6-8-10-25/h6-15,24,27,29H,5,16-22,30H2,1-4H3. The highest BCUT2D eigenvalue weighted by Gasteiger charge is 2.26. The third kappa shape index (κ3) is 7.90. The molecular formula is C29H43N3O. The van der Waals surface area contributed by atoms with Crippen molar-refractivity contribution >= 4 is 5.69 Å². The minimum atomic E-state index is 0.275. The summed E-state index contributed by atoms with van der Waals surface area (Å²) in [7, 11) is 0. The molecule has 1 heterocycles. The molecule has 180 valence electrons. The van der Waals surface area contributed by atoms with E-state index >= 15 is 0 Å². The van der Waals surface area contributed by atoms with Gasteiger partial charge in [0, 0.05) is 44.0 Å². The molecule has 1 saturated heterocycles. The molecule has 0 bridgehead atoms. The maximum absolute atomic E-state index is 6.43. The van der Waals surface area contributed by atoms with Crippen molar-refractivity contribution in [3.05, 3.63) is 71.8 Å². The second-order valence-electron chi connectivity index (χ2n) is 9.78. The van der Waals surface area contributed by atoms with Crippen molar-refractivity contribution in [2.75, 3.05) is 31.1 Å². The van der Waals surface area contributed by atoms with Gasteiger partial charge in [0.15, 0.2) is 0 Å². The highest BCUT2D eigenvalue weighted by Crippen LogP contribution is 2.27. The van der Waals surface area contributed by atoms with Gasteiger partial charge in [0.2, 0.25) is 0 Å². The number of anilines is 1. The lowest BCUT2D eigenvalue weighted by Gasteiger charge is -2.40. The fourth-order valence-corrected chi connectivity index (χ4v) is 4.42. The fourth-order valence-electron chi connectivity index (χ4n) is 4.42. The van der Waals surface area contributed by atoms with E-state index in [9.17, 15) is 0 Å². The van der Waals surface area contributed by atoms with Gasteiger partial charge in [-0.3, -0.25) is 0 Å². The summed E-state index contributed by atoms with van der Waals surface area (Å²) in [5.74, 6) is 1.50. The van der Waals surface area contributed by atoms with Crippen molar-refractivity contribution in [2.24, 2.45) is 11.7 Å². The van der Waals surface area contributed by atoms with E-state index in [1.165, 1.54) is 29.7 Å². The monoisotopic (exact) mass is 449 g/mol. The Morgan fingerprint density at radius 3 is 2.36 bits per heavy atom. The van der Waals surface area contributed by atoms with Crippen LogP contribution >= 0.6 is 0 Å². The Kier molecular flexibility index (Phi) is 9.83. The third-order valence-corrected chi connectivity index (χ3v) is 6.95. The van der Waals surface area contributed by atoms with Gasteiger partial charge >= 0.3 is 0 Å². The smallest absolute Gasteiger partial charge is 0.119 e. The second kappa shape index (κ2) is 12.8. The maximum Gasteiger partial charge on any atom is 0.119 e. The summed E-state index contributed by atoms with van der Waals surface area (Å²) in [6, 6.07) is 19.8. The first kappa shape index (κ1) is 25.3. The van der Waals surface area contributed by atoms with Crippen molar-refractivity contribution < 1.29 is 4.74 Å². The molecule has 1 aliphatic heterocycles. The number of nitrogens with zero attached hydrogens (tertiary/aromatic N) is 2. The number of benzene rings is 2. The summed E-state index contributed by atoms with van der Waals surface area (Å²) in [6.45, 7) is 13.7. The van der Waals surface area contributed by atoms with Gasteiger partial charge in [-0.25, -0.2) is 0 Å². The number of hydrogen-bond acceptors (Lipinski definition) is 4. The summed E-state index contributed by atoms with van der Waals surface area (Å²) in [5, 5.41) is 0. The van der Waals surface area contributed by atoms with Crippen molar-refractivity contribution in [3.8, 4) is 5.75 Å². The molecule has 1 aliphatic rings. The van der Waals surface area contributed by atoms with Crippen LogP contribution in [0.5, 0.6) is 5.75 Å². The molecule has 2 unspecified atom stereocenters. The summed E-state index contributed by atoms with van der Waals surface area (Å²) in [4.78, 5) is 5.13. The summed E-state index contributed by atoms with van der Waals surface area (Å²) in [5.41, 5.74) is 10.2. The lowest BCUT2D eigenvalue weighted by Crippen LogP contribution is -2.49. The van der Waals surface area contributed by atoms with Gasteiger partial charge < -0.3 is 20.3 Å². The number of nitrogens with two attached hydrogens (primary N) is 1. The highest BCUT2D eigenvalue weighted by molar-refractivity contribution is 5.51. The van der Waals surface area contributed by atoms with Crippen molar-refractivity contribution in [2.45, 2.75) is 65.6 Å². The van der Waals surface area contributed by atoms with E-state index < -0.39 is 0 Å². The van der Waals surface area contributed by atoms with Crippen LogP contribution in [0.1, 0.15) is 52.5 Å². The van der Waals surface area contributed by atoms with Gasteiger partial charge in [-0.2, -0.15) is 0 Å². The number of allylic oxidation sites excluding steroid dienone is 1. The largest absolute Gasteiger partial charge is 0.489 e. The third-order valence-electron chi connectivity index (χ3n) is 6.95. The molecule has 0 spiro atoms. The molecule has 0 aromatic heterocycles. The normalized spacial score (nSPS) is 16.8. The molecule has 4 nitrogen and oxygen atoms in total. The molecule has 33 heavy (non-hydrogen) atoms. The first-order valence-electron chi connectivity index (χ1n) is 12.6. The number of rotatable bonds is 11. The van der Waals surface area contributed by atoms with Crippen LogP contribution in [0.4, 0.5) is 5.69 Å². The number of ether oxygens (including phenoxy) is 1. The van der Waals surface area contributed by atoms with Gasteiger partial charge in [0.25, 0.3) is 0 Å². The van der Waals surface area contributed by atoms with Crippen molar-refractivity contribution in [1.29, 1.82) is 0 Å². The Hall–Kier alpha value is -2.30. The molecule has 0 radical (unpaired) electrons. The van der Waals surface area contributed by atoms with E-state index in [1.807, 2.05) is 18.2 Å². The topological polar surface area (TPSA) is 41.7 Å². The quantitative estimate of drug-likeness (QED) is 0.435. The maximum atomic E-state index is 6.43. The zero-order valence-corrected chi connectivity index (χ0v) is 21.0. The number of piperidine rings is 1. The predicted molar refractivity (Wildman–Crippen MR) is 141 cm³/mol.